The fourth-order valence-electron chi connectivity index (χ4n) is 3.16. The second-order valence-corrected chi connectivity index (χ2v) is 10.8. The molecule has 0 aliphatic rings. The summed E-state index contributed by atoms with van der Waals surface area (Å²) in [7, 11) is -4.73. The third kappa shape index (κ3) is 6.31. The van der Waals surface area contributed by atoms with Crippen LogP contribution in [0.3, 0.4) is 0 Å². The lowest BCUT2D eigenvalue weighted by atomic mass is 10.1. The van der Waals surface area contributed by atoms with E-state index in [-0.39, 0.29) is 5.75 Å². The van der Waals surface area contributed by atoms with E-state index in [0.717, 1.165) is 22.3 Å². The standard InChI is InChI=1S/C25H28O6P2/c1-17-10-7-11-18(2)23(17)28-25(5,6)32(26)29-21-14-9-15-22(16-21)30-33(27)31-24-19(3)12-8-13-20(24)4/h7-16H,1-6H3/q+2. The van der Waals surface area contributed by atoms with E-state index < -0.39 is 21.6 Å². The topological polar surface area (TPSA) is 71.1 Å². The second kappa shape index (κ2) is 10.3. The van der Waals surface area contributed by atoms with E-state index in [1.807, 2.05) is 64.1 Å². The van der Waals surface area contributed by atoms with Crippen molar-refractivity contribution >= 4 is 16.3 Å². The summed E-state index contributed by atoms with van der Waals surface area (Å²) in [6, 6.07) is 17.9. The van der Waals surface area contributed by atoms with Crippen molar-refractivity contribution in [2.24, 2.45) is 0 Å². The minimum absolute atomic E-state index is 0.275. The SMILES string of the molecule is Cc1cccc(C)c1O[P+](=O)Oc1cccc(O[P+](=O)C(C)(C)Oc2c(C)cccc2C)c1. The molecule has 0 fully saturated rings. The van der Waals surface area contributed by atoms with Crippen molar-refractivity contribution in [3.05, 3.63) is 82.9 Å². The molecule has 3 rings (SSSR count). The van der Waals surface area contributed by atoms with E-state index in [1.165, 1.54) is 6.07 Å². The Kier molecular flexibility index (Phi) is 7.73. The zero-order chi connectivity index (χ0) is 24.2. The summed E-state index contributed by atoms with van der Waals surface area (Å²) in [5.41, 5.74) is 3.63. The highest BCUT2D eigenvalue weighted by molar-refractivity contribution is 7.41. The van der Waals surface area contributed by atoms with E-state index in [1.54, 1.807) is 32.0 Å². The highest BCUT2D eigenvalue weighted by atomic mass is 31.1. The van der Waals surface area contributed by atoms with Gasteiger partial charge in [-0.05, 0) is 66.6 Å². The molecule has 8 heteroatoms. The first-order valence-corrected chi connectivity index (χ1v) is 12.7. The molecule has 0 aliphatic heterocycles. The van der Waals surface area contributed by atoms with Crippen molar-refractivity contribution in [3.63, 3.8) is 0 Å². The molecule has 2 atom stereocenters. The summed E-state index contributed by atoms with van der Waals surface area (Å²) in [4.78, 5) is 0. The molecular formula is C25H28O6P2+2. The normalized spacial score (nSPS) is 12.1. The first kappa shape index (κ1) is 24.7. The third-order valence-electron chi connectivity index (χ3n) is 4.95. The molecule has 33 heavy (non-hydrogen) atoms. The summed E-state index contributed by atoms with van der Waals surface area (Å²) in [5, 5.41) is -1.08. The molecule has 0 saturated heterocycles. The van der Waals surface area contributed by atoms with Crippen LogP contribution >= 0.6 is 16.3 Å². The van der Waals surface area contributed by atoms with Crippen molar-refractivity contribution in [2.75, 3.05) is 0 Å². The summed E-state index contributed by atoms with van der Waals surface area (Å²) < 4.78 is 48.1. The number of hydrogen-bond acceptors (Lipinski definition) is 6. The molecule has 0 saturated carbocycles. The van der Waals surface area contributed by atoms with Crippen molar-refractivity contribution in [3.8, 4) is 23.0 Å². The van der Waals surface area contributed by atoms with E-state index in [4.69, 9.17) is 18.3 Å². The molecule has 0 spiro atoms. The van der Waals surface area contributed by atoms with Gasteiger partial charge in [-0.25, -0.2) is 9.05 Å². The number of benzene rings is 3. The molecule has 0 amide bonds. The molecule has 172 valence electrons. The minimum Gasteiger partial charge on any atom is -0.441 e. The van der Waals surface area contributed by atoms with E-state index in [2.05, 4.69) is 0 Å². The quantitative estimate of drug-likeness (QED) is 0.286. The molecule has 0 bridgehead atoms. The average molecular weight is 486 g/mol. The Morgan fingerprint density at radius 1 is 0.636 bits per heavy atom. The Labute approximate surface area is 196 Å². The molecule has 0 aromatic heterocycles. The molecule has 0 heterocycles. The van der Waals surface area contributed by atoms with Crippen molar-refractivity contribution in [1.82, 2.24) is 0 Å². The first-order chi connectivity index (χ1) is 15.6. The number of ether oxygens (including phenoxy) is 1. The summed E-state index contributed by atoms with van der Waals surface area (Å²) in [6.45, 7) is 11.1. The second-order valence-electron chi connectivity index (χ2n) is 8.22. The largest absolute Gasteiger partial charge is 0.805 e. The molecule has 6 nitrogen and oxygen atoms in total. The van der Waals surface area contributed by atoms with Crippen LogP contribution in [0.15, 0.2) is 60.7 Å². The molecule has 0 radical (unpaired) electrons. The van der Waals surface area contributed by atoms with Crippen LogP contribution < -0.4 is 18.3 Å². The lowest BCUT2D eigenvalue weighted by Crippen LogP contribution is -2.25. The van der Waals surface area contributed by atoms with Crippen LogP contribution in [0, 0.1) is 27.7 Å². The molecule has 0 aliphatic carbocycles. The summed E-state index contributed by atoms with van der Waals surface area (Å²) >= 11 is 0. The van der Waals surface area contributed by atoms with Gasteiger partial charge in [0.05, 0.1) is 0 Å². The van der Waals surface area contributed by atoms with Gasteiger partial charge in [-0.2, -0.15) is 0 Å². The van der Waals surface area contributed by atoms with Crippen LogP contribution in [-0.2, 0) is 9.13 Å². The molecule has 0 N–H and O–H groups in total. The summed E-state index contributed by atoms with van der Waals surface area (Å²) in [5.74, 6) is 1.80. The van der Waals surface area contributed by atoms with Gasteiger partial charge in [0.2, 0.25) is 0 Å². The zero-order valence-electron chi connectivity index (χ0n) is 19.6. The van der Waals surface area contributed by atoms with Gasteiger partial charge in [0.15, 0.2) is 17.2 Å². The first-order valence-electron chi connectivity index (χ1n) is 10.5. The smallest absolute Gasteiger partial charge is 0.441 e. The van der Waals surface area contributed by atoms with Crippen LogP contribution in [0.5, 0.6) is 23.0 Å². The summed E-state index contributed by atoms with van der Waals surface area (Å²) in [6.07, 6.45) is 0. The van der Waals surface area contributed by atoms with Gasteiger partial charge >= 0.3 is 21.6 Å². The van der Waals surface area contributed by atoms with Gasteiger partial charge in [0.1, 0.15) is 5.75 Å². The number of aryl methyl sites for hydroxylation is 4. The lowest BCUT2D eigenvalue weighted by Gasteiger charge is -2.18. The Morgan fingerprint density at radius 2 is 1.09 bits per heavy atom. The highest BCUT2D eigenvalue weighted by Gasteiger charge is 2.47. The van der Waals surface area contributed by atoms with Gasteiger partial charge in [0, 0.05) is 24.5 Å². The lowest BCUT2D eigenvalue weighted by molar-refractivity contribution is 0.181. The zero-order valence-corrected chi connectivity index (χ0v) is 21.4. The third-order valence-corrected chi connectivity index (χ3v) is 6.99. The minimum atomic E-state index is -2.46. The van der Waals surface area contributed by atoms with Crippen molar-refractivity contribution in [1.29, 1.82) is 0 Å². The van der Waals surface area contributed by atoms with Crippen LogP contribution in [0.25, 0.3) is 0 Å². The Balaban J connectivity index is 1.68. The molecule has 3 aromatic carbocycles. The number of para-hydroxylation sites is 2. The highest BCUT2D eigenvalue weighted by Crippen LogP contribution is 2.44. The van der Waals surface area contributed by atoms with E-state index in [0.29, 0.717) is 17.2 Å². The van der Waals surface area contributed by atoms with Gasteiger partial charge in [-0.15, -0.1) is 0 Å². The van der Waals surface area contributed by atoms with Crippen LogP contribution in [0.2, 0.25) is 0 Å². The maximum absolute atomic E-state index is 13.0. The fraction of sp³-hybridized carbons (Fsp3) is 0.280. The molecule has 3 aromatic rings. The predicted octanol–water partition coefficient (Wildman–Crippen LogP) is 7.97. The number of rotatable bonds is 9. The van der Waals surface area contributed by atoms with Crippen molar-refractivity contribution < 1.29 is 27.4 Å². The van der Waals surface area contributed by atoms with Crippen LogP contribution in [-0.4, -0.2) is 5.34 Å². The van der Waals surface area contributed by atoms with E-state index in [9.17, 15) is 9.13 Å². The van der Waals surface area contributed by atoms with Gasteiger partial charge in [0.25, 0.3) is 0 Å². The van der Waals surface area contributed by atoms with Gasteiger partial charge in [-0.3, -0.25) is 4.52 Å². The van der Waals surface area contributed by atoms with Gasteiger partial charge in [-0.1, -0.05) is 42.5 Å². The number of hydrogen-bond donors (Lipinski definition) is 0. The Hall–Kier alpha value is -2.94. The maximum atomic E-state index is 13.0. The van der Waals surface area contributed by atoms with Crippen molar-refractivity contribution in [2.45, 2.75) is 46.9 Å². The van der Waals surface area contributed by atoms with Crippen LogP contribution in [0.4, 0.5) is 0 Å². The fourth-order valence-corrected chi connectivity index (χ4v) is 4.61. The monoisotopic (exact) mass is 486 g/mol. The molecule has 2 unspecified atom stereocenters. The Bertz CT molecular complexity index is 1150. The average Bonchev–Trinajstić information content (AvgIpc) is 2.74. The van der Waals surface area contributed by atoms with Crippen LogP contribution in [0.1, 0.15) is 36.1 Å². The molecular weight excluding hydrogens is 458 g/mol. The van der Waals surface area contributed by atoms with Gasteiger partial charge < -0.3 is 4.74 Å². The Morgan fingerprint density at radius 3 is 1.64 bits per heavy atom. The van der Waals surface area contributed by atoms with E-state index >= 15 is 0 Å². The predicted molar refractivity (Wildman–Crippen MR) is 130 cm³/mol. The maximum Gasteiger partial charge on any atom is 0.805 e.